The van der Waals surface area contributed by atoms with Crippen LogP contribution in [-0.2, 0) is 9.53 Å². The standard InChI is InChI=1S/C17H31N3O2.2ClH/c18-13-17(7-11-22-12-8-17)16(21)19-14-5-9-20(10-6-14)15-3-1-2-4-15;;/h14-15H,1-13,18H2,(H,19,21);2*1H. The van der Waals surface area contributed by atoms with Crippen molar-refractivity contribution in [3.8, 4) is 0 Å². The summed E-state index contributed by atoms with van der Waals surface area (Å²) in [7, 11) is 0. The van der Waals surface area contributed by atoms with Crippen molar-refractivity contribution in [2.24, 2.45) is 11.1 Å². The monoisotopic (exact) mass is 381 g/mol. The van der Waals surface area contributed by atoms with Crippen LogP contribution in [0.25, 0.3) is 0 Å². The third-order valence-electron chi connectivity index (χ3n) is 6.03. The van der Waals surface area contributed by atoms with Gasteiger partial charge in [-0.05, 0) is 38.5 Å². The molecule has 2 saturated heterocycles. The maximum atomic E-state index is 12.7. The molecule has 142 valence electrons. The minimum absolute atomic E-state index is 0. The fourth-order valence-electron chi connectivity index (χ4n) is 4.30. The van der Waals surface area contributed by atoms with E-state index in [1.807, 2.05) is 0 Å². The van der Waals surface area contributed by atoms with Crippen LogP contribution in [0.5, 0.6) is 0 Å². The van der Waals surface area contributed by atoms with Crippen LogP contribution >= 0.6 is 24.8 Å². The Labute approximate surface area is 158 Å². The van der Waals surface area contributed by atoms with E-state index in [-0.39, 0.29) is 36.1 Å². The van der Waals surface area contributed by atoms with Crippen LogP contribution in [0.1, 0.15) is 51.4 Å². The molecule has 1 amide bonds. The molecule has 3 fully saturated rings. The van der Waals surface area contributed by atoms with E-state index in [2.05, 4.69) is 10.2 Å². The van der Waals surface area contributed by atoms with E-state index < -0.39 is 0 Å². The lowest BCUT2D eigenvalue weighted by Gasteiger charge is -2.39. The van der Waals surface area contributed by atoms with E-state index in [0.717, 1.165) is 44.8 Å². The second-order valence-corrected chi connectivity index (χ2v) is 7.32. The van der Waals surface area contributed by atoms with Gasteiger partial charge in [-0.1, -0.05) is 12.8 Å². The van der Waals surface area contributed by atoms with Crippen molar-refractivity contribution in [2.75, 3.05) is 32.8 Å². The van der Waals surface area contributed by atoms with Gasteiger partial charge in [0.05, 0.1) is 5.41 Å². The molecule has 5 nitrogen and oxygen atoms in total. The number of carbonyl (C=O) groups excluding carboxylic acids is 1. The number of hydrogen-bond acceptors (Lipinski definition) is 4. The van der Waals surface area contributed by atoms with Gasteiger partial charge in [0.15, 0.2) is 0 Å². The summed E-state index contributed by atoms with van der Waals surface area (Å²) in [5, 5.41) is 3.29. The lowest BCUT2D eigenvalue weighted by molar-refractivity contribution is -0.137. The van der Waals surface area contributed by atoms with Crippen LogP contribution < -0.4 is 11.1 Å². The molecule has 3 aliphatic rings. The maximum Gasteiger partial charge on any atom is 0.227 e. The van der Waals surface area contributed by atoms with E-state index in [0.29, 0.717) is 25.8 Å². The highest BCUT2D eigenvalue weighted by Crippen LogP contribution is 2.31. The molecule has 0 aromatic rings. The van der Waals surface area contributed by atoms with Crippen molar-refractivity contribution in [3.63, 3.8) is 0 Å². The molecule has 0 aromatic heterocycles. The van der Waals surface area contributed by atoms with Crippen LogP contribution in [-0.4, -0.2) is 55.7 Å². The van der Waals surface area contributed by atoms with E-state index in [9.17, 15) is 4.79 Å². The lowest BCUT2D eigenvalue weighted by atomic mass is 9.79. The van der Waals surface area contributed by atoms with Crippen molar-refractivity contribution in [1.29, 1.82) is 0 Å². The number of likely N-dealkylation sites (tertiary alicyclic amines) is 1. The molecular formula is C17H33Cl2N3O2. The topological polar surface area (TPSA) is 67.6 Å². The molecule has 1 saturated carbocycles. The summed E-state index contributed by atoms with van der Waals surface area (Å²) < 4.78 is 5.40. The van der Waals surface area contributed by atoms with Gasteiger partial charge in [-0.2, -0.15) is 0 Å². The third-order valence-corrected chi connectivity index (χ3v) is 6.03. The number of ether oxygens (including phenoxy) is 1. The summed E-state index contributed by atoms with van der Waals surface area (Å²) >= 11 is 0. The zero-order valence-electron chi connectivity index (χ0n) is 14.5. The highest BCUT2D eigenvalue weighted by Gasteiger charge is 2.40. The van der Waals surface area contributed by atoms with Crippen LogP contribution in [0.15, 0.2) is 0 Å². The average Bonchev–Trinajstić information content (AvgIpc) is 3.10. The number of carbonyl (C=O) groups is 1. The Morgan fingerprint density at radius 2 is 1.67 bits per heavy atom. The molecule has 0 bridgehead atoms. The largest absolute Gasteiger partial charge is 0.381 e. The number of rotatable bonds is 4. The van der Waals surface area contributed by atoms with Gasteiger partial charge < -0.3 is 20.7 Å². The Bertz CT molecular complexity index is 378. The molecule has 3 N–H and O–H groups in total. The third kappa shape index (κ3) is 4.98. The quantitative estimate of drug-likeness (QED) is 0.782. The van der Waals surface area contributed by atoms with Gasteiger partial charge in [-0.3, -0.25) is 4.79 Å². The molecular weight excluding hydrogens is 349 g/mol. The molecule has 0 spiro atoms. The van der Waals surface area contributed by atoms with Crippen LogP contribution in [0.2, 0.25) is 0 Å². The molecule has 0 radical (unpaired) electrons. The molecule has 7 heteroatoms. The van der Waals surface area contributed by atoms with E-state index in [1.165, 1.54) is 25.7 Å². The first-order chi connectivity index (χ1) is 10.7. The van der Waals surface area contributed by atoms with E-state index in [4.69, 9.17) is 10.5 Å². The van der Waals surface area contributed by atoms with Gasteiger partial charge in [0.2, 0.25) is 5.91 Å². The molecule has 0 aromatic carbocycles. The second kappa shape index (κ2) is 10.2. The zero-order chi connectivity index (χ0) is 15.4. The predicted molar refractivity (Wildman–Crippen MR) is 101 cm³/mol. The first kappa shape index (κ1) is 22.0. The number of nitrogens with two attached hydrogens (primary N) is 1. The number of nitrogens with one attached hydrogen (secondary N) is 1. The smallest absolute Gasteiger partial charge is 0.227 e. The van der Waals surface area contributed by atoms with Gasteiger partial charge >= 0.3 is 0 Å². The maximum absolute atomic E-state index is 12.7. The minimum Gasteiger partial charge on any atom is -0.381 e. The summed E-state index contributed by atoms with van der Waals surface area (Å²) in [6.45, 7) is 4.02. The molecule has 3 rings (SSSR count). The van der Waals surface area contributed by atoms with Crippen molar-refractivity contribution in [2.45, 2.75) is 63.5 Å². The molecule has 24 heavy (non-hydrogen) atoms. The predicted octanol–water partition coefficient (Wildman–Crippen LogP) is 2.11. The van der Waals surface area contributed by atoms with Gasteiger partial charge in [-0.15, -0.1) is 24.8 Å². The summed E-state index contributed by atoms with van der Waals surface area (Å²) in [6.07, 6.45) is 9.21. The Hall–Kier alpha value is -0.0700. The number of halogens is 2. The number of piperidine rings is 1. The molecule has 2 aliphatic heterocycles. The lowest BCUT2D eigenvalue weighted by Crippen LogP contribution is -2.54. The molecule has 0 atom stereocenters. The molecule has 0 unspecified atom stereocenters. The number of nitrogens with zero attached hydrogens (tertiary/aromatic N) is 1. The highest BCUT2D eigenvalue weighted by atomic mass is 35.5. The fourth-order valence-corrected chi connectivity index (χ4v) is 4.30. The summed E-state index contributed by atoms with van der Waals surface area (Å²) in [5.74, 6) is 0.164. The Kier molecular flexibility index (Phi) is 9.31. The second-order valence-electron chi connectivity index (χ2n) is 7.32. The Morgan fingerprint density at radius 1 is 1.08 bits per heavy atom. The zero-order valence-corrected chi connectivity index (χ0v) is 16.1. The fraction of sp³-hybridized carbons (Fsp3) is 0.941. The van der Waals surface area contributed by atoms with E-state index in [1.54, 1.807) is 0 Å². The molecule has 1 aliphatic carbocycles. The van der Waals surface area contributed by atoms with Crippen LogP contribution in [0.4, 0.5) is 0 Å². The van der Waals surface area contributed by atoms with Crippen molar-refractivity contribution < 1.29 is 9.53 Å². The van der Waals surface area contributed by atoms with Gasteiger partial charge in [-0.25, -0.2) is 0 Å². The van der Waals surface area contributed by atoms with Crippen molar-refractivity contribution in [3.05, 3.63) is 0 Å². The SMILES string of the molecule is Cl.Cl.NCC1(C(=O)NC2CCN(C3CCCC3)CC2)CCOCC1. The number of hydrogen-bond donors (Lipinski definition) is 2. The first-order valence-electron chi connectivity index (χ1n) is 9.06. The van der Waals surface area contributed by atoms with E-state index >= 15 is 0 Å². The van der Waals surface area contributed by atoms with Gasteiger partial charge in [0.1, 0.15) is 0 Å². The summed E-state index contributed by atoms with van der Waals surface area (Å²) in [5.41, 5.74) is 5.54. The van der Waals surface area contributed by atoms with Crippen LogP contribution in [0.3, 0.4) is 0 Å². The van der Waals surface area contributed by atoms with Crippen LogP contribution in [0, 0.1) is 5.41 Å². The average molecular weight is 382 g/mol. The minimum atomic E-state index is -0.388. The van der Waals surface area contributed by atoms with Crippen molar-refractivity contribution in [1.82, 2.24) is 10.2 Å². The Balaban J connectivity index is 0.00000144. The number of amides is 1. The Morgan fingerprint density at radius 3 is 2.21 bits per heavy atom. The first-order valence-corrected chi connectivity index (χ1v) is 9.06. The van der Waals surface area contributed by atoms with Gasteiger partial charge in [0, 0.05) is 44.9 Å². The molecule has 2 heterocycles. The highest BCUT2D eigenvalue weighted by molar-refractivity contribution is 5.85. The summed E-state index contributed by atoms with van der Waals surface area (Å²) in [4.78, 5) is 15.3. The van der Waals surface area contributed by atoms with Gasteiger partial charge in [0.25, 0.3) is 0 Å². The normalized spacial score (nSPS) is 25.5. The summed E-state index contributed by atoms with van der Waals surface area (Å²) in [6, 6.07) is 1.14. The van der Waals surface area contributed by atoms with Crippen molar-refractivity contribution >= 4 is 30.7 Å².